The van der Waals surface area contributed by atoms with Gasteiger partial charge in [-0.15, -0.1) is 0 Å². The fourth-order valence-electron chi connectivity index (χ4n) is 9.54. The van der Waals surface area contributed by atoms with E-state index in [-0.39, 0.29) is 41.4 Å². The quantitative estimate of drug-likeness (QED) is 0.125. The fraction of sp³-hybridized carbons (Fsp3) is 0.478. The normalized spacial score (nSPS) is 21.8. The predicted octanol–water partition coefficient (Wildman–Crippen LogP) is 6.80. The monoisotopic (exact) mass is 866 g/mol. The number of halogens is 1. The van der Waals surface area contributed by atoms with Crippen LogP contribution in [-0.4, -0.2) is 113 Å². The van der Waals surface area contributed by atoms with Crippen LogP contribution in [0.25, 0.3) is 33.6 Å². The van der Waals surface area contributed by atoms with Crippen LogP contribution in [0.15, 0.2) is 67.0 Å². The average molecular weight is 867 g/mol. The number of likely N-dealkylation sites (tertiary alicyclic amines) is 2. The Hall–Kier alpha value is -6.07. The summed E-state index contributed by atoms with van der Waals surface area (Å²) >= 11 is 0. The maximum atomic E-state index is 15.7. The molecule has 4 N–H and O–H groups in total. The first-order chi connectivity index (χ1) is 30.5. The van der Waals surface area contributed by atoms with Crippen molar-refractivity contribution in [2.45, 2.75) is 88.5 Å². The van der Waals surface area contributed by atoms with Gasteiger partial charge in [0.1, 0.15) is 29.4 Å². The molecular weight excluding hydrogens is 812 g/mol. The number of carbonyl (C=O) groups is 4. The Balaban J connectivity index is 0.947. The van der Waals surface area contributed by atoms with Gasteiger partial charge in [0, 0.05) is 43.7 Å². The Morgan fingerprint density at radius 1 is 0.730 bits per heavy atom. The van der Waals surface area contributed by atoms with Crippen LogP contribution >= 0.6 is 0 Å². The average Bonchev–Trinajstić information content (AvgIpc) is 4.13. The number of imidazole rings is 2. The smallest absolute Gasteiger partial charge is 0.407 e. The summed E-state index contributed by atoms with van der Waals surface area (Å²) in [6.07, 6.45) is 5.49. The minimum absolute atomic E-state index is 0.0999. The maximum absolute atomic E-state index is 15.7. The molecular formula is C46H55FN8O8. The molecule has 5 unspecified atom stereocenters. The number of H-pyrrole nitrogens is 2. The number of ether oxygens (including phenoxy) is 4. The van der Waals surface area contributed by atoms with Crippen LogP contribution < -0.4 is 10.6 Å². The van der Waals surface area contributed by atoms with Gasteiger partial charge in [-0.25, -0.2) is 19.6 Å². The van der Waals surface area contributed by atoms with Crippen LogP contribution in [0.4, 0.5) is 14.0 Å². The van der Waals surface area contributed by atoms with Crippen molar-refractivity contribution in [2.24, 2.45) is 11.8 Å². The first kappa shape index (κ1) is 43.6. The van der Waals surface area contributed by atoms with Crippen molar-refractivity contribution < 1.29 is 42.5 Å². The van der Waals surface area contributed by atoms with E-state index in [1.54, 1.807) is 16.0 Å². The number of allylic oxidation sites excluding steroid dienone is 1. The van der Waals surface area contributed by atoms with E-state index in [0.717, 1.165) is 22.4 Å². The highest BCUT2D eigenvalue weighted by Crippen LogP contribution is 2.40. The van der Waals surface area contributed by atoms with Gasteiger partial charge in [-0.2, -0.15) is 4.39 Å². The van der Waals surface area contributed by atoms with Gasteiger partial charge in [0.25, 0.3) is 0 Å². The number of nitrogens with one attached hydrogen (secondary N) is 4. The summed E-state index contributed by atoms with van der Waals surface area (Å²) in [6.45, 7) is 8.18. The summed E-state index contributed by atoms with van der Waals surface area (Å²) in [7, 11) is 2.55. The van der Waals surface area contributed by atoms with Crippen molar-refractivity contribution in [1.29, 1.82) is 0 Å². The molecule has 4 aliphatic heterocycles. The molecule has 5 atom stereocenters. The van der Waals surface area contributed by atoms with Crippen LogP contribution in [0, 0.1) is 17.8 Å². The number of hydrogen-bond acceptors (Lipinski definition) is 10. The summed E-state index contributed by atoms with van der Waals surface area (Å²) in [5.74, 6) is -0.303. The van der Waals surface area contributed by atoms with Gasteiger partial charge in [0.15, 0.2) is 0 Å². The van der Waals surface area contributed by atoms with Gasteiger partial charge in [0.05, 0.1) is 38.2 Å². The summed E-state index contributed by atoms with van der Waals surface area (Å²) < 4.78 is 36.4. The summed E-state index contributed by atoms with van der Waals surface area (Å²) in [4.78, 5) is 72.0. The van der Waals surface area contributed by atoms with Crippen LogP contribution in [0.5, 0.6) is 0 Å². The molecule has 4 aliphatic rings. The van der Waals surface area contributed by atoms with E-state index in [9.17, 15) is 19.2 Å². The molecule has 16 nitrogen and oxygen atoms in total. The lowest BCUT2D eigenvalue weighted by Crippen LogP contribution is -2.54. The molecule has 0 spiro atoms. The highest BCUT2D eigenvalue weighted by molar-refractivity contribution is 5.88. The van der Waals surface area contributed by atoms with Gasteiger partial charge in [-0.1, -0.05) is 55.1 Å². The molecule has 4 saturated heterocycles. The molecule has 334 valence electrons. The largest absolute Gasteiger partial charge is 0.453 e. The van der Waals surface area contributed by atoms with Crippen molar-refractivity contribution in [3.05, 3.63) is 84.6 Å². The first-order valence-corrected chi connectivity index (χ1v) is 21.7. The minimum atomic E-state index is -0.803. The highest BCUT2D eigenvalue weighted by Gasteiger charge is 2.44. The van der Waals surface area contributed by atoms with E-state index in [1.807, 2.05) is 55.5 Å². The third-order valence-corrected chi connectivity index (χ3v) is 13.0. The lowest BCUT2D eigenvalue weighted by Gasteiger charge is -2.36. The Kier molecular flexibility index (Phi) is 13.2. The second-order valence-corrected chi connectivity index (χ2v) is 16.8. The summed E-state index contributed by atoms with van der Waals surface area (Å²) in [5, 5.41) is 5.54. The molecule has 17 heteroatoms. The summed E-state index contributed by atoms with van der Waals surface area (Å²) in [5.41, 5.74) is 4.96. The number of rotatable bonds is 11. The van der Waals surface area contributed by atoms with E-state index >= 15 is 4.39 Å². The van der Waals surface area contributed by atoms with Gasteiger partial charge in [0.2, 0.25) is 17.8 Å². The molecule has 6 heterocycles. The van der Waals surface area contributed by atoms with Gasteiger partial charge < -0.3 is 49.3 Å². The molecule has 0 saturated carbocycles. The third-order valence-electron chi connectivity index (χ3n) is 13.0. The number of hydrogen-bond donors (Lipinski definition) is 4. The van der Waals surface area contributed by atoms with Crippen LogP contribution in [0.3, 0.4) is 0 Å². The van der Waals surface area contributed by atoms with Gasteiger partial charge >= 0.3 is 12.2 Å². The molecule has 4 aromatic rings. The fourth-order valence-corrected chi connectivity index (χ4v) is 9.54. The van der Waals surface area contributed by atoms with E-state index < -0.39 is 36.3 Å². The van der Waals surface area contributed by atoms with Crippen LogP contribution in [0.2, 0.25) is 0 Å². The Labute approximate surface area is 365 Å². The second kappa shape index (κ2) is 19.1. The number of carbonyl (C=O) groups excluding carboxylic acids is 4. The zero-order valence-electron chi connectivity index (χ0n) is 35.9. The molecule has 4 fully saturated rings. The number of aromatic nitrogens is 4. The van der Waals surface area contributed by atoms with Crippen molar-refractivity contribution >= 4 is 24.0 Å². The predicted molar refractivity (Wildman–Crippen MR) is 229 cm³/mol. The molecule has 63 heavy (non-hydrogen) atoms. The van der Waals surface area contributed by atoms with E-state index in [2.05, 4.69) is 27.2 Å². The molecule has 2 aromatic carbocycles. The lowest BCUT2D eigenvalue weighted by atomic mass is 9.90. The molecule has 8 rings (SSSR count). The first-order valence-electron chi connectivity index (χ1n) is 21.7. The maximum Gasteiger partial charge on any atom is 0.407 e. The minimum Gasteiger partial charge on any atom is -0.453 e. The molecule has 0 radical (unpaired) electrons. The number of benzene rings is 2. The Morgan fingerprint density at radius 3 is 1.84 bits per heavy atom. The van der Waals surface area contributed by atoms with E-state index in [1.165, 1.54) is 14.2 Å². The van der Waals surface area contributed by atoms with Gasteiger partial charge in [-0.05, 0) is 86.8 Å². The molecule has 0 aliphatic carbocycles. The van der Waals surface area contributed by atoms with Crippen molar-refractivity contribution in [1.82, 2.24) is 40.4 Å². The SMILES string of the molecule is C=C1CCC(c2ncc(-c3ccc(-c4ccc(-c5nc(C6CCC(C)N6C(=O)C(NC(=O)OC)C6CCOCC6)[nH]c5F)cc4)cc3)[nH]2)N1C(=O)C(NC(=O)OC)C1CCOCC1. The zero-order valence-corrected chi connectivity index (χ0v) is 35.9. The Morgan fingerprint density at radius 2 is 1.27 bits per heavy atom. The summed E-state index contributed by atoms with van der Waals surface area (Å²) in [6, 6.07) is 12.8. The number of nitrogens with zero attached hydrogens (tertiary/aromatic N) is 4. The van der Waals surface area contributed by atoms with Crippen molar-refractivity contribution in [2.75, 3.05) is 40.6 Å². The molecule has 4 amide bonds. The van der Waals surface area contributed by atoms with Crippen molar-refractivity contribution in [3.8, 4) is 33.6 Å². The number of amides is 4. The topological polar surface area (TPSA) is 193 Å². The molecule has 0 bridgehead atoms. The van der Waals surface area contributed by atoms with E-state index in [4.69, 9.17) is 28.9 Å². The number of methoxy groups -OCH3 is 2. The zero-order chi connectivity index (χ0) is 44.2. The lowest BCUT2D eigenvalue weighted by molar-refractivity contribution is -0.138. The van der Waals surface area contributed by atoms with Crippen LogP contribution in [0.1, 0.15) is 82.0 Å². The highest BCUT2D eigenvalue weighted by atomic mass is 19.1. The number of alkyl carbamates (subject to hydrolysis) is 2. The third kappa shape index (κ3) is 9.21. The Bertz CT molecular complexity index is 2280. The second-order valence-electron chi connectivity index (χ2n) is 16.8. The van der Waals surface area contributed by atoms with Crippen LogP contribution in [-0.2, 0) is 28.5 Å². The molecule has 2 aromatic heterocycles. The van der Waals surface area contributed by atoms with E-state index in [0.29, 0.717) is 101 Å². The van der Waals surface area contributed by atoms with Crippen molar-refractivity contribution in [3.63, 3.8) is 0 Å². The standard InChI is InChI=1S/C46H55FN8O8/c1-26-5-15-35(54(26)43(56)38(51-45(58)60-3)32-17-21-62-22-18-32)41-48-25-34(49-41)30-11-7-28(8-12-30)29-9-13-31(14-10-29)37-40(47)53-42(50-37)36-16-6-27(2)55(36)44(57)39(52-46(59)61-4)33-19-23-63-24-20-33/h7-14,25,27,32-33,35-36,38-39H,1,5-6,15-24H2,2-4H3,(H,48,49)(H,50,53)(H,51,58)(H,52,59). The number of aromatic amines is 2. The van der Waals surface area contributed by atoms with Gasteiger partial charge in [-0.3, -0.25) is 9.59 Å².